The predicted molar refractivity (Wildman–Crippen MR) is 50.8 cm³/mol. The molecule has 1 fully saturated rings. The second-order valence-electron chi connectivity index (χ2n) is 3.45. The summed E-state index contributed by atoms with van der Waals surface area (Å²) in [5.41, 5.74) is 0.740. The summed E-state index contributed by atoms with van der Waals surface area (Å²) < 4.78 is 6.79. The predicted octanol–water partition coefficient (Wildman–Crippen LogP) is 0.395. The number of aromatic nitrogens is 2. The zero-order chi connectivity index (χ0) is 9.97. The lowest BCUT2D eigenvalue weighted by Gasteiger charge is -2.06. The van der Waals surface area contributed by atoms with Crippen LogP contribution in [0, 0.1) is 5.92 Å². The van der Waals surface area contributed by atoms with E-state index in [-0.39, 0.29) is 11.8 Å². The van der Waals surface area contributed by atoms with Crippen molar-refractivity contribution in [1.82, 2.24) is 9.78 Å². The summed E-state index contributed by atoms with van der Waals surface area (Å²) in [4.78, 5) is 11.6. The lowest BCUT2D eigenvalue weighted by Crippen LogP contribution is -2.22. The number of carbonyl (C=O) groups is 1. The van der Waals surface area contributed by atoms with Gasteiger partial charge >= 0.3 is 0 Å². The second kappa shape index (κ2) is 3.79. The van der Waals surface area contributed by atoms with Gasteiger partial charge in [-0.3, -0.25) is 9.48 Å². The lowest BCUT2D eigenvalue weighted by molar-refractivity contribution is -0.119. The highest BCUT2D eigenvalue weighted by atomic mass is 16.5. The van der Waals surface area contributed by atoms with Crippen LogP contribution in [0.3, 0.4) is 0 Å². The summed E-state index contributed by atoms with van der Waals surface area (Å²) in [5.74, 6) is 0.0192. The topological polar surface area (TPSA) is 56.2 Å². The van der Waals surface area contributed by atoms with E-state index >= 15 is 0 Å². The number of hydrogen-bond acceptors (Lipinski definition) is 3. The fraction of sp³-hybridized carbons (Fsp3) is 0.556. The first-order chi connectivity index (χ1) is 6.75. The Hall–Kier alpha value is -1.36. The van der Waals surface area contributed by atoms with Crippen LogP contribution in [0.25, 0.3) is 0 Å². The molecular formula is C9H13N3O2. The summed E-state index contributed by atoms with van der Waals surface area (Å²) in [6.07, 6.45) is 4.22. The Morgan fingerprint density at radius 1 is 1.79 bits per heavy atom. The molecule has 1 aliphatic heterocycles. The highest BCUT2D eigenvalue weighted by molar-refractivity contribution is 5.92. The first-order valence-corrected chi connectivity index (χ1v) is 4.63. The van der Waals surface area contributed by atoms with Gasteiger partial charge in [0.25, 0.3) is 0 Å². The van der Waals surface area contributed by atoms with Crippen LogP contribution in [0.15, 0.2) is 12.4 Å². The zero-order valence-electron chi connectivity index (χ0n) is 8.06. The van der Waals surface area contributed by atoms with Gasteiger partial charge in [-0.05, 0) is 6.42 Å². The molecule has 1 saturated heterocycles. The van der Waals surface area contributed by atoms with E-state index in [9.17, 15) is 4.79 Å². The minimum atomic E-state index is -0.00444. The van der Waals surface area contributed by atoms with Crippen LogP contribution in [0.1, 0.15) is 6.42 Å². The maximum atomic E-state index is 11.6. The number of nitrogens with one attached hydrogen (secondary N) is 1. The van der Waals surface area contributed by atoms with Gasteiger partial charge in [-0.15, -0.1) is 0 Å². The summed E-state index contributed by atoms with van der Waals surface area (Å²) in [5, 5.41) is 6.77. The average Bonchev–Trinajstić information content (AvgIpc) is 2.75. The molecule has 5 heteroatoms. The number of amides is 1. The average molecular weight is 195 g/mol. The minimum Gasteiger partial charge on any atom is -0.381 e. The van der Waals surface area contributed by atoms with Gasteiger partial charge < -0.3 is 10.1 Å². The largest absolute Gasteiger partial charge is 0.381 e. The van der Waals surface area contributed by atoms with E-state index in [4.69, 9.17) is 4.74 Å². The van der Waals surface area contributed by atoms with Crippen molar-refractivity contribution in [2.24, 2.45) is 13.0 Å². The molecule has 1 amide bonds. The normalized spacial score (nSPS) is 21.1. The van der Waals surface area contributed by atoms with E-state index in [1.807, 2.05) is 7.05 Å². The fourth-order valence-electron chi connectivity index (χ4n) is 1.47. The molecule has 2 heterocycles. The van der Waals surface area contributed by atoms with E-state index in [0.717, 1.165) is 12.1 Å². The SMILES string of the molecule is Cn1cc(NC(=O)C2CCOC2)cn1. The van der Waals surface area contributed by atoms with Gasteiger partial charge in [0.15, 0.2) is 0 Å². The number of anilines is 1. The molecule has 14 heavy (non-hydrogen) atoms. The zero-order valence-corrected chi connectivity index (χ0v) is 8.06. The van der Waals surface area contributed by atoms with Crippen molar-refractivity contribution in [1.29, 1.82) is 0 Å². The molecule has 1 unspecified atom stereocenters. The molecule has 0 bridgehead atoms. The summed E-state index contributed by atoms with van der Waals surface area (Å²) >= 11 is 0. The Bertz CT molecular complexity index is 329. The Morgan fingerprint density at radius 2 is 2.64 bits per heavy atom. The summed E-state index contributed by atoms with van der Waals surface area (Å²) in [7, 11) is 1.81. The van der Waals surface area contributed by atoms with Crippen LogP contribution in [-0.2, 0) is 16.6 Å². The molecule has 1 N–H and O–H groups in total. The monoisotopic (exact) mass is 195 g/mol. The Labute approximate surface area is 82.0 Å². The van der Waals surface area contributed by atoms with Crippen molar-refractivity contribution in [3.63, 3.8) is 0 Å². The van der Waals surface area contributed by atoms with Crippen LogP contribution in [0.4, 0.5) is 5.69 Å². The number of hydrogen-bond donors (Lipinski definition) is 1. The van der Waals surface area contributed by atoms with Crippen molar-refractivity contribution in [3.05, 3.63) is 12.4 Å². The first-order valence-electron chi connectivity index (χ1n) is 4.63. The van der Waals surface area contributed by atoms with Crippen molar-refractivity contribution < 1.29 is 9.53 Å². The van der Waals surface area contributed by atoms with E-state index in [2.05, 4.69) is 10.4 Å². The molecule has 5 nitrogen and oxygen atoms in total. The van der Waals surface area contributed by atoms with Crippen molar-refractivity contribution in [3.8, 4) is 0 Å². The molecule has 76 valence electrons. The van der Waals surface area contributed by atoms with Crippen LogP contribution in [-0.4, -0.2) is 28.9 Å². The molecule has 0 saturated carbocycles. The molecular weight excluding hydrogens is 182 g/mol. The Balaban J connectivity index is 1.93. The van der Waals surface area contributed by atoms with Crippen molar-refractivity contribution >= 4 is 11.6 Å². The molecule has 2 rings (SSSR count). The minimum absolute atomic E-state index is 0.00444. The lowest BCUT2D eigenvalue weighted by atomic mass is 10.1. The number of aryl methyl sites for hydroxylation is 1. The third kappa shape index (κ3) is 1.93. The molecule has 1 aliphatic rings. The van der Waals surface area contributed by atoms with Crippen LogP contribution in [0.5, 0.6) is 0 Å². The van der Waals surface area contributed by atoms with E-state index in [1.165, 1.54) is 0 Å². The number of rotatable bonds is 2. The highest BCUT2D eigenvalue weighted by Gasteiger charge is 2.23. The first kappa shape index (κ1) is 9.21. The summed E-state index contributed by atoms with van der Waals surface area (Å²) in [6.45, 7) is 1.22. The van der Waals surface area contributed by atoms with Crippen molar-refractivity contribution in [2.75, 3.05) is 18.5 Å². The van der Waals surface area contributed by atoms with Gasteiger partial charge in [0.2, 0.25) is 5.91 Å². The molecule has 0 aliphatic carbocycles. The highest BCUT2D eigenvalue weighted by Crippen LogP contribution is 2.15. The van der Waals surface area contributed by atoms with Gasteiger partial charge in [0, 0.05) is 19.9 Å². The third-order valence-electron chi connectivity index (χ3n) is 2.27. The van der Waals surface area contributed by atoms with Gasteiger partial charge in [-0.25, -0.2) is 0 Å². The van der Waals surface area contributed by atoms with Crippen LogP contribution < -0.4 is 5.32 Å². The molecule has 1 aromatic heterocycles. The van der Waals surface area contributed by atoms with Gasteiger partial charge in [0.1, 0.15) is 0 Å². The quantitative estimate of drug-likeness (QED) is 0.743. The Morgan fingerprint density at radius 3 is 3.21 bits per heavy atom. The molecule has 0 aromatic carbocycles. The summed E-state index contributed by atoms with van der Waals surface area (Å²) in [6, 6.07) is 0. The van der Waals surface area contributed by atoms with Crippen LogP contribution >= 0.6 is 0 Å². The number of carbonyl (C=O) groups excluding carboxylic acids is 1. The third-order valence-corrected chi connectivity index (χ3v) is 2.27. The van der Waals surface area contributed by atoms with Gasteiger partial charge in [-0.2, -0.15) is 5.10 Å². The number of nitrogens with zero attached hydrogens (tertiary/aromatic N) is 2. The Kier molecular flexibility index (Phi) is 2.49. The fourth-order valence-corrected chi connectivity index (χ4v) is 1.47. The van der Waals surface area contributed by atoms with Gasteiger partial charge in [0.05, 0.1) is 24.4 Å². The second-order valence-corrected chi connectivity index (χ2v) is 3.45. The van der Waals surface area contributed by atoms with E-state index < -0.39 is 0 Å². The number of ether oxygens (including phenoxy) is 1. The molecule has 1 aromatic rings. The van der Waals surface area contributed by atoms with Gasteiger partial charge in [-0.1, -0.05) is 0 Å². The molecule has 1 atom stereocenters. The standard InChI is InChI=1S/C9H13N3O2/c1-12-5-8(4-10-12)11-9(13)7-2-3-14-6-7/h4-5,7H,2-3,6H2,1H3,(H,11,13). The van der Waals surface area contributed by atoms with E-state index in [0.29, 0.717) is 13.2 Å². The van der Waals surface area contributed by atoms with E-state index in [1.54, 1.807) is 17.1 Å². The van der Waals surface area contributed by atoms with Crippen molar-refractivity contribution in [2.45, 2.75) is 6.42 Å². The maximum absolute atomic E-state index is 11.6. The maximum Gasteiger partial charge on any atom is 0.229 e. The smallest absolute Gasteiger partial charge is 0.229 e. The molecule has 0 radical (unpaired) electrons. The van der Waals surface area contributed by atoms with Crippen LogP contribution in [0.2, 0.25) is 0 Å². The molecule has 0 spiro atoms.